The lowest BCUT2D eigenvalue weighted by molar-refractivity contribution is 0.0469. The van der Waals surface area contributed by atoms with E-state index in [0.717, 1.165) is 6.26 Å². The van der Waals surface area contributed by atoms with E-state index in [9.17, 15) is 18.0 Å². The van der Waals surface area contributed by atoms with E-state index < -0.39 is 15.8 Å². The number of esters is 1. The summed E-state index contributed by atoms with van der Waals surface area (Å²) in [7, 11) is -3.42. The summed E-state index contributed by atoms with van der Waals surface area (Å²) in [5.74, 6) is -0.247. The number of hydrogen-bond donors (Lipinski definition) is 0. The van der Waals surface area contributed by atoms with E-state index in [1.807, 2.05) is 6.92 Å². The Balaban J connectivity index is 2.21. The highest BCUT2D eigenvalue weighted by molar-refractivity contribution is 7.90. The molecule has 0 fully saturated rings. The first kappa shape index (κ1) is 19.7. The first-order valence-corrected chi connectivity index (χ1v) is 9.85. The molecule has 0 saturated heterocycles. The van der Waals surface area contributed by atoms with Crippen LogP contribution in [0.15, 0.2) is 47.4 Å². The van der Waals surface area contributed by atoms with E-state index in [1.165, 1.54) is 31.2 Å². The summed E-state index contributed by atoms with van der Waals surface area (Å²) in [6, 6.07) is 10.6. The van der Waals surface area contributed by atoms with Crippen molar-refractivity contribution in [2.75, 3.05) is 12.9 Å². The maximum Gasteiger partial charge on any atom is 0.338 e. The van der Waals surface area contributed by atoms with Gasteiger partial charge in [0.05, 0.1) is 17.1 Å². The molecule has 0 atom stereocenters. The molecule has 0 unspecified atom stereocenters. The number of carbonyl (C=O) groups excluding carboxylic acids is 2. The minimum atomic E-state index is -3.42. The summed E-state index contributed by atoms with van der Waals surface area (Å²) in [6.07, 6.45) is 1.07. The van der Waals surface area contributed by atoms with Crippen LogP contribution in [0.1, 0.15) is 40.1 Å². The molecule has 0 aromatic heterocycles. The van der Waals surface area contributed by atoms with Gasteiger partial charge in [-0.2, -0.15) is 0 Å². The van der Waals surface area contributed by atoms with Crippen molar-refractivity contribution in [3.63, 3.8) is 0 Å². The van der Waals surface area contributed by atoms with Gasteiger partial charge in [-0.05, 0) is 50.2 Å². The zero-order valence-corrected chi connectivity index (χ0v) is 15.6. The Kier molecular flexibility index (Phi) is 6.15. The zero-order chi connectivity index (χ0) is 19.3. The van der Waals surface area contributed by atoms with Crippen LogP contribution in [0.4, 0.5) is 0 Å². The molecule has 138 valence electrons. The Labute approximate surface area is 152 Å². The Hall–Kier alpha value is -2.67. The van der Waals surface area contributed by atoms with Gasteiger partial charge >= 0.3 is 5.97 Å². The highest BCUT2D eigenvalue weighted by Gasteiger charge is 2.14. The lowest BCUT2D eigenvalue weighted by Gasteiger charge is -2.12. The summed E-state index contributed by atoms with van der Waals surface area (Å²) in [5, 5.41) is 0. The Morgan fingerprint density at radius 3 is 2.38 bits per heavy atom. The van der Waals surface area contributed by atoms with Crippen LogP contribution in [0.3, 0.4) is 0 Å². The van der Waals surface area contributed by atoms with E-state index in [4.69, 9.17) is 9.47 Å². The maximum atomic E-state index is 12.3. The largest absolute Gasteiger partial charge is 0.493 e. The van der Waals surface area contributed by atoms with Gasteiger partial charge in [0.1, 0.15) is 12.4 Å². The van der Waals surface area contributed by atoms with Gasteiger partial charge in [-0.15, -0.1) is 0 Å². The minimum Gasteiger partial charge on any atom is -0.493 e. The number of rotatable bonds is 7. The summed E-state index contributed by atoms with van der Waals surface area (Å²) in [6.45, 7) is 3.60. The predicted octanol–water partition coefficient (Wildman–Crippen LogP) is 3.05. The molecule has 7 heteroatoms. The van der Waals surface area contributed by atoms with Gasteiger partial charge in [-0.25, -0.2) is 13.2 Å². The van der Waals surface area contributed by atoms with Crippen molar-refractivity contribution in [2.24, 2.45) is 0 Å². The van der Waals surface area contributed by atoms with Gasteiger partial charge in [-0.3, -0.25) is 4.79 Å². The summed E-state index contributed by atoms with van der Waals surface area (Å²) in [5.41, 5.74) is 1.18. The van der Waals surface area contributed by atoms with Gasteiger partial charge in [-0.1, -0.05) is 6.07 Å². The average molecular weight is 376 g/mol. The number of carbonyl (C=O) groups is 2. The lowest BCUT2D eigenvalue weighted by atomic mass is 10.1. The third-order valence-electron chi connectivity index (χ3n) is 3.62. The molecule has 2 aromatic rings. The maximum absolute atomic E-state index is 12.3. The van der Waals surface area contributed by atoms with Crippen LogP contribution in [0.5, 0.6) is 5.75 Å². The van der Waals surface area contributed by atoms with Crippen LogP contribution < -0.4 is 4.74 Å². The van der Waals surface area contributed by atoms with Crippen LogP contribution in [0.2, 0.25) is 0 Å². The Morgan fingerprint density at radius 1 is 1.04 bits per heavy atom. The molecule has 2 rings (SSSR count). The first-order chi connectivity index (χ1) is 12.2. The quantitative estimate of drug-likeness (QED) is 0.545. The van der Waals surface area contributed by atoms with Crippen molar-refractivity contribution < 1.29 is 27.5 Å². The predicted molar refractivity (Wildman–Crippen MR) is 96.3 cm³/mol. The summed E-state index contributed by atoms with van der Waals surface area (Å²) in [4.78, 5) is 23.9. The molecule has 0 heterocycles. The van der Waals surface area contributed by atoms with Gasteiger partial charge in [0.25, 0.3) is 0 Å². The van der Waals surface area contributed by atoms with Crippen molar-refractivity contribution in [2.45, 2.75) is 25.3 Å². The van der Waals surface area contributed by atoms with Crippen molar-refractivity contribution in [1.82, 2.24) is 0 Å². The third kappa shape index (κ3) is 4.92. The molecule has 0 N–H and O–H groups in total. The molecule has 0 radical (unpaired) electrons. The second kappa shape index (κ2) is 8.14. The van der Waals surface area contributed by atoms with Crippen LogP contribution in [0, 0.1) is 0 Å². The molecule has 6 nitrogen and oxygen atoms in total. The second-order valence-corrected chi connectivity index (χ2v) is 7.70. The van der Waals surface area contributed by atoms with Crippen molar-refractivity contribution in [3.8, 4) is 5.75 Å². The van der Waals surface area contributed by atoms with E-state index in [1.54, 1.807) is 18.2 Å². The molecular formula is C19H20O6S. The van der Waals surface area contributed by atoms with E-state index in [0.29, 0.717) is 23.5 Å². The monoisotopic (exact) mass is 376 g/mol. The fourth-order valence-electron chi connectivity index (χ4n) is 2.29. The highest BCUT2D eigenvalue weighted by Crippen LogP contribution is 2.22. The van der Waals surface area contributed by atoms with Gasteiger partial charge in [0.2, 0.25) is 0 Å². The molecule has 0 aliphatic carbocycles. The third-order valence-corrected chi connectivity index (χ3v) is 4.73. The number of hydrogen-bond acceptors (Lipinski definition) is 6. The lowest BCUT2D eigenvalue weighted by Crippen LogP contribution is -2.08. The Bertz CT molecular complexity index is 931. The van der Waals surface area contributed by atoms with Crippen molar-refractivity contribution in [1.29, 1.82) is 0 Å². The molecule has 26 heavy (non-hydrogen) atoms. The minimum absolute atomic E-state index is 0.0422. The van der Waals surface area contributed by atoms with E-state index in [2.05, 4.69) is 0 Å². The smallest absolute Gasteiger partial charge is 0.338 e. The normalized spacial score (nSPS) is 11.0. The number of Topliss-reactive ketones (excluding diaryl/α,β-unsaturated/α-hetero) is 1. The highest BCUT2D eigenvalue weighted by atomic mass is 32.2. The number of sulfone groups is 1. The van der Waals surface area contributed by atoms with Crippen molar-refractivity contribution >= 4 is 21.6 Å². The van der Waals surface area contributed by atoms with E-state index >= 15 is 0 Å². The molecule has 0 bridgehead atoms. The number of ketones is 1. The molecule has 0 spiro atoms. The van der Waals surface area contributed by atoms with Crippen LogP contribution in [-0.2, 0) is 21.2 Å². The van der Waals surface area contributed by atoms with Crippen molar-refractivity contribution in [3.05, 3.63) is 59.2 Å². The van der Waals surface area contributed by atoms with Gasteiger partial charge in [0.15, 0.2) is 15.6 Å². The van der Waals surface area contributed by atoms with Crippen LogP contribution in [0.25, 0.3) is 0 Å². The van der Waals surface area contributed by atoms with Crippen LogP contribution >= 0.6 is 0 Å². The number of benzene rings is 2. The average Bonchev–Trinajstić information content (AvgIpc) is 2.60. The zero-order valence-electron chi connectivity index (χ0n) is 14.8. The SMILES string of the molecule is CCOc1ccc(C(C)=O)cc1COC(=O)c1cccc(S(C)(=O)=O)c1. The Morgan fingerprint density at radius 2 is 1.77 bits per heavy atom. The van der Waals surface area contributed by atoms with Crippen LogP contribution in [-0.4, -0.2) is 33.0 Å². The summed E-state index contributed by atoms with van der Waals surface area (Å²) < 4.78 is 34.0. The number of ether oxygens (including phenoxy) is 2. The fraction of sp³-hybridized carbons (Fsp3) is 0.263. The topological polar surface area (TPSA) is 86.7 Å². The molecule has 0 amide bonds. The molecular weight excluding hydrogens is 356 g/mol. The second-order valence-electron chi connectivity index (χ2n) is 5.69. The fourth-order valence-corrected chi connectivity index (χ4v) is 2.95. The molecule has 0 saturated carbocycles. The van der Waals surface area contributed by atoms with Gasteiger partial charge in [0, 0.05) is 17.4 Å². The molecule has 0 aliphatic heterocycles. The summed E-state index contributed by atoms with van der Waals surface area (Å²) >= 11 is 0. The standard InChI is InChI=1S/C19H20O6S/c1-4-24-18-9-8-14(13(2)20)10-16(18)12-25-19(21)15-6-5-7-17(11-15)26(3,22)23/h5-11H,4,12H2,1-3H3. The first-order valence-electron chi connectivity index (χ1n) is 7.96. The molecule has 0 aliphatic rings. The van der Waals surface area contributed by atoms with E-state index in [-0.39, 0.29) is 22.8 Å². The molecule has 2 aromatic carbocycles. The van der Waals surface area contributed by atoms with Gasteiger partial charge < -0.3 is 9.47 Å².